The van der Waals surface area contributed by atoms with Crippen molar-refractivity contribution in [1.82, 2.24) is 15.0 Å². The molecule has 0 saturated carbocycles. The number of hydrogen-bond donors (Lipinski definition) is 2. The van der Waals surface area contributed by atoms with Crippen LogP contribution in [0.1, 0.15) is 27.3 Å². The van der Waals surface area contributed by atoms with Crippen LogP contribution in [0.5, 0.6) is 5.75 Å². The Bertz CT molecular complexity index is 944. The lowest BCUT2D eigenvalue weighted by Crippen LogP contribution is -2.16. The van der Waals surface area contributed by atoms with Gasteiger partial charge in [0.05, 0.1) is 12.8 Å². The standard InChI is InChI=1S/C20H21N5O2/c1-13-4-5-18(27-3)16(10-13)24-19(26)17-11-14(2)23-20(25-17)22-12-15-6-8-21-9-7-15/h4-11H,12H2,1-3H3,(H,24,26)(H,22,23,25). The summed E-state index contributed by atoms with van der Waals surface area (Å²) >= 11 is 0. The number of carbonyl (C=O) groups excluding carboxylic acids is 1. The zero-order chi connectivity index (χ0) is 19.2. The monoisotopic (exact) mass is 363 g/mol. The minimum absolute atomic E-state index is 0.281. The van der Waals surface area contributed by atoms with Gasteiger partial charge in [0.2, 0.25) is 5.95 Å². The molecule has 0 unspecified atom stereocenters. The first-order chi connectivity index (χ1) is 13.0. The SMILES string of the molecule is COc1ccc(C)cc1NC(=O)c1cc(C)nc(NCc2ccncc2)n1. The lowest BCUT2D eigenvalue weighted by molar-refractivity contribution is 0.102. The molecule has 27 heavy (non-hydrogen) atoms. The summed E-state index contributed by atoms with van der Waals surface area (Å²) in [5, 5.41) is 5.99. The van der Waals surface area contributed by atoms with E-state index in [-0.39, 0.29) is 11.6 Å². The lowest BCUT2D eigenvalue weighted by Gasteiger charge is -2.12. The lowest BCUT2D eigenvalue weighted by atomic mass is 10.2. The van der Waals surface area contributed by atoms with Crippen molar-refractivity contribution in [2.45, 2.75) is 20.4 Å². The highest BCUT2D eigenvalue weighted by Gasteiger charge is 2.13. The number of anilines is 2. The van der Waals surface area contributed by atoms with Crippen molar-refractivity contribution >= 4 is 17.5 Å². The molecule has 0 aliphatic carbocycles. The second kappa shape index (κ2) is 8.27. The molecule has 0 radical (unpaired) electrons. The first kappa shape index (κ1) is 18.3. The Kier molecular flexibility index (Phi) is 5.61. The summed E-state index contributed by atoms with van der Waals surface area (Å²) in [4.78, 5) is 25.3. The minimum atomic E-state index is -0.323. The van der Waals surface area contributed by atoms with Crippen LogP contribution < -0.4 is 15.4 Å². The highest BCUT2D eigenvalue weighted by molar-refractivity contribution is 6.04. The number of nitrogens with one attached hydrogen (secondary N) is 2. The third kappa shape index (κ3) is 4.78. The van der Waals surface area contributed by atoms with Crippen LogP contribution in [0.2, 0.25) is 0 Å². The Balaban J connectivity index is 1.77. The summed E-state index contributed by atoms with van der Waals surface area (Å²) in [6, 6.07) is 11.0. The molecule has 0 atom stereocenters. The van der Waals surface area contributed by atoms with Crippen LogP contribution in [0, 0.1) is 13.8 Å². The number of benzene rings is 1. The third-order valence-corrected chi connectivity index (χ3v) is 3.89. The first-order valence-corrected chi connectivity index (χ1v) is 8.49. The summed E-state index contributed by atoms with van der Waals surface area (Å²) in [6.45, 7) is 4.31. The number of nitrogens with zero attached hydrogens (tertiary/aromatic N) is 3. The highest BCUT2D eigenvalue weighted by atomic mass is 16.5. The molecule has 7 nitrogen and oxygen atoms in total. The molecular formula is C20H21N5O2. The summed E-state index contributed by atoms with van der Waals surface area (Å²) in [5.41, 5.74) is 3.65. The van der Waals surface area contributed by atoms with Crippen molar-refractivity contribution in [3.8, 4) is 5.75 Å². The second-order valence-electron chi connectivity index (χ2n) is 6.09. The van der Waals surface area contributed by atoms with Gasteiger partial charge in [-0.3, -0.25) is 9.78 Å². The van der Waals surface area contributed by atoms with E-state index in [4.69, 9.17) is 4.74 Å². The molecule has 0 fully saturated rings. The molecule has 2 N–H and O–H groups in total. The molecule has 1 aromatic carbocycles. The van der Waals surface area contributed by atoms with E-state index in [0.717, 1.165) is 11.1 Å². The topological polar surface area (TPSA) is 89.0 Å². The zero-order valence-electron chi connectivity index (χ0n) is 15.5. The predicted octanol–water partition coefficient (Wildman–Crippen LogP) is 3.36. The van der Waals surface area contributed by atoms with Gasteiger partial charge >= 0.3 is 0 Å². The van der Waals surface area contributed by atoms with Gasteiger partial charge in [0, 0.05) is 24.6 Å². The molecule has 1 amide bonds. The maximum absolute atomic E-state index is 12.7. The Morgan fingerprint density at radius 2 is 1.85 bits per heavy atom. The quantitative estimate of drug-likeness (QED) is 0.698. The van der Waals surface area contributed by atoms with Gasteiger partial charge in [0.1, 0.15) is 11.4 Å². The molecule has 138 valence electrons. The van der Waals surface area contributed by atoms with Crippen molar-refractivity contribution in [2.75, 3.05) is 17.7 Å². The Morgan fingerprint density at radius 3 is 2.59 bits per heavy atom. The summed E-state index contributed by atoms with van der Waals surface area (Å²) in [7, 11) is 1.57. The maximum Gasteiger partial charge on any atom is 0.274 e. The Morgan fingerprint density at radius 1 is 1.07 bits per heavy atom. The number of ether oxygens (including phenoxy) is 1. The van der Waals surface area contributed by atoms with Crippen LogP contribution in [-0.4, -0.2) is 28.0 Å². The fraction of sp³-hybridized carbons (Fsp3) is 0.200. The number of pyridine rings is 1. The van der Waals surface area contributed by atoms with E-state index in [2.05, 4.69) is 25.6 Å². The normalized spacial score (nSPS) is 10.3. The van der Waals surface area contributed by atoms with Gasteiger partial charge in [-0.25, -0.2) is 9.97 Å². The number of hydrogen-bond acceptors (Lipinski definition) is 6. The van der Waals surface area contributed by atoms with Crippen molar-refractivity contribution in [3.63, 3.8) is 0 Å². The van der Waals surface area contributed by atoms with Gasteiger partial charge in [0.25, 0.3) is 5.91 Å². The van der Waals surface area contributed by atoms with Gasteiger partial charge < -0.3 is 15.4 Å². The summed E-state index contributed by atoms with van der Waals surface area (Å²) in [6.07, 6.45) is 3.45. The van der Waals surface area contributed by atoms with Gasteiger partial charge in [-0.05, 0) is 55.3 Å². The molecule has 0 spiro atoms. The average Bonchev–Trinajstić information content (AvgIpc) is 2.67. The molecule has 7 heteroatoms. The number of carbonyl (C=O) groups is 1. The number of aromatic nitrogens is 3. The molecule has 2 aromatic heterocycles. The van der Waals surface area contributed by atoms with E-state index >= 15 is 0 Å². The fourth-order valence-corrected chi connectivity index (χ4v) is 2.55. The predicted molar refractivity (Wildman–Crippen MR) is 104 cm³/mol. The van der Waals surface area contributed by atoms with E-state index in [0.29, 0.717) is 29.6 Å². The van der Waals surface area contributed by atoms with Crippen LogP contribution in [0.25, 0.3) is 0 Å². The Labute approximate surface area is 157 Å². The molecule has 3 rings (SSSR count). The number of aryl methyl sites for hydroxylation is 2. The summed E-state index contributed by atoms with van der Waals surface area (Å²) < 4.78 is 5.31. The first-order valence-electron chi connectivity index (χ1n) is 8.49. The van der Waals surface area contributed by atoms with Crippen molar-refractivity contribution in [2.24, 2.45) is 0 Å². The molecule has 3 aromatic rings. The smallest absolute Gasteiger partial charge is 0.274 e. The molecule has 0 saturated heterocycles. The van der Waals surface area contributed by atoms with Crippen molar-refractivity contribution < 1.29 is 9.53 Å². The van der Waals surface area contributed by atoms with E-state index in [9.17, 15) is 4.79 Å². The van der Waals surface area contributed by atoms with Crippen LogP contribution >= 0.6 is 0 Å². The second-order valence-corrected chi connectivity index (χ2v) is 6.09. The molecular weight excluding hydrogens is 342 g/mol. The highest BCUT2D eigenvalue weighted by Crippen LogP contribution is 2.25. The minimum Gasteiger partial charge on any atom is -0.495 e. The van der Waals surface area contributed by atoms with Gasteiger partial charge in [-0.1, -0.05) is 6.07 Å². The fourth-order valence-electron chi connectivity index (χ4n) is 2.55. The van der Waals surface area contributed by atoms with E-state index in [1.165, 1.54) is 0 Å². The van der Waals surface area contributed by atoms with Gasteiger partial charge in [-0.15, -0.1) is 0 Å². The number of rotatable bonds is 6. The largest absolute Gasteiger partial charge is 0.495 e. The molecule has 0 bridgehead atoms. The Hall–Kier alpha value is -3.48. The molecule has 0 aliphatic heterocycles. The number of methoxy groups -OCH3 is 1. The van der Waals surface area contributed by atoms with E-state index < -0.39 is 0 Å². The summed E-state index contributed by atoms with van der Waals surface area (Å²) in [5.74, 6) is 0.667. The zero-order valence-corrected chi connectivity index (χ0v) is 15.5. The average molecular weight is 363 g/mol. The maximum atomic E-state index is 12.7. The van der Waals surface area contributed by atoms with Crippen molar-refractivity contribution in [1.29, 1.82) is 0 Å². The third-order valence-electron chi connectivity index (χ3n) is 3.89. The number of amides is 1. The van der Waals surface area contributed by atoms with E-state index in [1.807, 2.05) is 44.2 Å². The van der Waals surface area contributed by atoms with Gasteiger partial charge in [-0.2, -0.15) is 0 Å². The van der Waals surface area contributed by atoms with Crippen LogP contribution in [0.15, 0.2) is 48.8 Å². The van der Waals surface area contributed by atoms with Gasteiger partial charge in [0.15, 0.2) is 0 Å². The molecule has 0 aliphatic rings. The van der Waals surface area contributed by atoms with E-state index in [1.54, 1.807) is 25.6 Å². The van der Waals surface area contributed by atoms with Crippen molar-refractivity contribution in [3.05, 3.63) is 71.3 Å². The van der Waals surface area contributed by atoms with Crippen LogP contribution in [0.4, 0.5) is 11.6 Å². The molecule has 2 heterocycles. The van der Waals surface area contributed by atoms with Crippen LogP contribution in [-0.2, 0) is 6.54 Å². The van der Waals surface area contributed by atoms with Crippen LogP contribution in [0.3, 0.4) is 0 Å².